The Hall–Kier alpha value is -2.24. The minimum absolute atomic E-state index is 0.186. The molecular formula is C16H21NO5. The van der Waals surface area contributed by atoms with E-state index in [1.807, 2.05) is 0 Å². The summed E-state index contributed by atoms with van der Waals surface area (Å²) >= 11 is 0. The van der Waals surface area contributed by atoms with Crippen molar-refractivity contribution in [3.63, 3.8) is 0 Å². The molecule has 1 aromatic carbocycles. The maximum Gasteiger partial charge on any atom is 0.415 e. The number of nitrogens with zero attached hydrogens (tertiary/aromatic N) is 1. The van der Waals surface area contributed by atoms with Crippen molar-refractivity contribution in [2.45, 2.75) is 51.9 Å². The summed E-state index contributed by atoms with van der Waals surface area (Å²) in [5.74, 6) is -0.488. The van der Waals surface area contributed by atoms with E-state index < -0.39 is 29.8 Å². The minimum Gasteiger partial charge on any atom is -0.485 e. The van der Waals surface area contributed by atoms with Crippen LogP contribution in [0.2, 0.25) is 0 Å². The van der Waals surface area contributed by atoms with Gasteiger partial charge in [0.05, 0.1) is 18.2 Å². The van der Waals surface area contributed by atoms with Crippen LogP contribution in [0.5, 0.6) is 5.75 Å². The number of amides is 1. The third-order valence-electron chi connectivity index (χ3n) is 3.31. The maximum absolute atomic E-state index is 12.5. The molecule has 0 saturated carbocycles. The highest BCUT2D eigenvalue weighted by atomic mass is 16.6. The molecule has 1 amide bonds. The molecule has 0 fully saturated rings. The summed E-state index contributed by atoms with van der Waals surface area (Å²) < 4.78 is 11.2. The molecule has 2 atom stereocenters. The van der Waals surface area contributed by atoms with E-state index in [0.717, 1.165) is 0 Å². The number of ether oxygens (including phenoxy) is 2. The van der Waals surface area contributed by atoms with Gasteiger partial charge in [-0.05, 0) is 39.8 Å². The average molecular weight is 307 g/mol. The van der Waals surface area contributed by atoms with Crippen LogP contribution in [0.1, 0.15) is 34.1 Å². The average Bonchev–Trinajstić information content (AvgIpc) is 2.36. The van der Waals surface area contributed by atoms with Crippen molar-refractivity contribution in [1.82, 2.24) is 0 Å². The first kappa shape index (κ1) is 16.1. The zero-order chi connectivity index (χ0) is 16.5. The lowest BCUT2D eigenvalue weighted by molar-refractivity contribution is -0.139. The van der Waals surface area contributed by atoms with Crippen LogP contribution >= 0.6 is 0 Å². The second-order valence-corrected chi connectivity index (χ2v) is 6.31. The van der Waals surface area contributed by atoms with Gasteiger partial charge in [-0.2, -0.15) is 0 Å². The molecule has 6 heteroatoms. The molecule has 6 nitrogen and oxygen atoms in total. The summed E-state index contributed by atoms with van der Waals surface area (Å²) in [5, 5.41) is 9.03. The van der Waals surface area contributed by atoms with E-state index in [9.17, 15) is 9.59 Å². The summed E-state index contributed by atoms with van der Waals surface area (Å²) in [6.07, 6.45) is -1.32. The number of para-hydroxylation sites is 2. The number of hydrogen-bond acceptors (Lipinski definition) is 4. The Bertz CT molecular complexity index is 578. The standard InChI is InChI=1S/C16H21NO5/c1-10-13(9-14(18)19)21-12-8-6-5-7-11(12)17(10)15(20)22-16(2,3)4/h5-8,10,13H,9H2,1-4H3,(H,18,19). The molecule has 0 saturated heterocycles. The van der Waals surface area contributed by atoms with Gasteiger partial charge in [0.2, 0.25) is 0 Å². The predicted octanol–water partition coefficient (Wildman–Crippen LogP) is 3.05. The fraction of sp³-hybridized carbons (Fsp3) is 0.500. The molecule has 2 unspecified atom stereocenters. The topological polar surface area (TPSA) is 76.1 Å². The fourth-order valence-electron chi connectivity index (χ4n) is 2.36. The smallest absolute Gasteiger partial charge is 0.415 e. The van der Waals surface area contributed by atoms with E-state index in [4.69, 9.17) is 14.6 Å². The van der Waals surface area contributed by atoms with Crippen molar-refractivity contribution in [2.75, 3.05) is 4.90 Å². The number of carbonyl (C=O) groups is 2. The third-order valence-corrected chi connectivity index (χ3v) is 3.31. The zero-order valence-corrected chi connectivity index (χ0v) is 13.2. The van der Waals surface area contributed by atoms with E-state index in [-0.39, 0.29) is 6.42 Å². The van der Waals surface area contributed by atoms with Crippen LogP contribution in [0.3, 0.4) is 0 Å². The molecular weight excluding hydrogens is 286 g/mol. The number of carbonyl (C=O) groups excluding carboxylic acids is 1. The van der Waals surface area contributed by atoms with Crippen molar-refractivity contribution in [3.05, 3.63) is 24.3 Å². The highest BCUT2D eigenvalue weighted by Crippen LogP contribution is 2.37. The van der Waals surface area contributed by atoms with Gasteiger partial charge in [0.1, 0.15) is 17.5 Å². The van der Waals surface area contributed by atoms with Gasteiger partial charge < -0.3 is 14.6 Å². The quantitative estimate of drug-likeness (QED) is 0.908. The lowest BCUT2D eigenvalue weighted by atomic mass is 10.0. The third kappa shape index (κ3) is 3.50. The van der Waals surface area contributed by atoms with Crippen LogP contribution in [0, 0.1) is 0 Å². The first-order valence-corrected chi connectivity index (χ1v) is 7.19. The highest BCUT2D eigenvalue weighted by molar-refractivity contribution is 5.91. The van der Waals surface area contributed by atoms with Gasteiger partial charge >= 0.3 is 12.1 Å². The van der Waals surface area contributed by atoms with Crippen LogP contribution in [-0.2, 0) is 9.53 Å². The molecule has 0 aromatic heterocycles. The van der Waals surface area contributed by atoms with Crippen LogP contribution in [0.25, 0.3) is 0 Å². The van der Waals surface area contributed by atoms with E-state index >= 15 is 0 Å². The molecule has 0 radical (unpaired) electrons. The van der Waals surface area contributed by atoms with Gasteiger partial charge in [0.15, 0.2) is 0 Å². The molecule has 0 aliphatic carbocycles. The first-order valence-electron chi connectivity index (χ1n) is 7.19. The molecule has 1 heterocycles. The van der Waals surface area contributed by atoms with Crippen molar-refractivity contribution < 1.29 is 24.2 Å². The summed E-state index contributed by atoms with van der Waals surface area (Å²) in [4.78, 5) is 25.0. The molecule has 1 aromatic rings. The SMILES string of the molecule is CC1C(CC(=O)O)Oc2ccccc2N1C(=O)OC(C)(C)C. The highest BCUT2D eigenvalue weighted by Gasteiger charge is 2.39. The largest absolute Gasteiger partial charge is 0.485 e. The van der Waals surface area contributed by atoms with Gasteiger partial charge in [-0.15, -0.1) is 0 Å². The lowest BCUT2D eigenvalue weighted by Gasteiger charge is -2.40. The van der Waals surface area contributed by atoms with Gasteiger partial charge in [-0.1, -0.05) is 12.1 Å². The Labute approximate surface area is 129 Å². The van der Waals surface area contributed by atoms with Crippen molar-refractivity contribution in [2.24, 2.45) is 0 Å². The van der Waals surface area contributed by atoms with Crippen LogP contribution in [0.4, 0.5) is 10.5 Å². The Morgan fingerprint density at radius 2 is 1.95 bits per heavy atom. The molecule has 1 aliphatic rings. The molecule has 22 heavy (non-hydrogen) atoms. The van der Waals surface area contributed by atoms with E-state index in [1.54, 1.807) is 52.0 Å². The molecule has 0 spiro atoms. The Morgan fingerprint density at radius 1 is 1.32 bits per heavy atom. The Morgan fingerprint density at radius 3 is 2.55 bits per heavy atom. The summed E-state index contributed by atoms with van der Waals surface area (Å²) in [7, 11) is 0. The maximum atomic E-state index is 12.5. The zero-order valence-electron chi connectivity index (χ0n) is 13.2. The number of carboxylic acid groups (broad SMARTS) is 1. The van der Waals surface area contributed by atoms with Crippen molar-refractivity contribution in [3.8, 4) is 5.75 Å². The van der Waals surface area contributed by atoms with E-state index in [0.29, 0.717) is 11.4 Å². The Balaban J connectivity index is 2.36. The number of benzene rings is 1. The summed E-state index contributed by atoms with van der Waals surface area (Å²) in [6.45, 7) is 7.12. The second-order valence-electron chi connectivity index (χ2n) is 6.31. The Kier molecular flexibility index (Phi) is 4.30. The van der Waals surface area contributed by atoms with E-state index in [2.05, 4.69) is 0 Å². The molecule has 1 aliphatic heterocycles. The fourth-order valence-corrected chi connectivity index (χ4v) is 2.36. The van der Waals surface area contributed by atoms with Gasteiger partial charge in [-0.25, -0.2) is 4.79 Å². The van der Waals surface area contributed by atoms with E-state index in [1.165, 1.54) is 4.90 Å². The van der Waals surface area contributed by atoms with Crippen molar-refractivity contribution in [1.29, 1.82) is 0 Å². The predicted molar refractivity (Wildman–Crippen MR) is 81.3 cm³/mol. The van der Waals surface area contributed by atoms with Crippen LogP contribution < -0.4 is 9.64 Å². The lowest BCUT2D eigenvalue weighted by Crippen LogP contribution is -2.52. The summed E-state index contributed by atoms with van der Waals surface area (Å²) in [5.41, 5.74) is -0.0438. The summed E-state index contributed by atoms with van der Waals surface area (Å²) in [6, 6.07) is 6.60. The number of carboxylic acids is 1. The van der Waals surface area contributed by atoms with Gasteiger partial charge in [0, 0.05) is 0 Å². The monoisotopic (exact) mass is 307 g/mol. The minimum atomic E-state index is -0.972. The van der Waals surface area contributed by atoms with Crippen LogP contribution in [0.15, 0.2) is 24.3 Å². The number of fused-ring (bicyclic) bond motifs is 1. The molecule has 120 valence electrons. The second kappa shape index (κ2) is 5.87. The number of aliphatic carboxylic acids is 1. The first-order chi connectivity index (χ1) is 10.2. The van der Waals surface area contributed by atoms with Gasteiger partial charge in [-0.3, -0.25) is 9.69 Å². The number of hydrogen-bond donors (Lipinski definition) is 1. The number of anilines is 1. The molecule has 1 N–H and O–H groups in total. The van der Waals surface area contributed by atoms with Gasteiger partial charge in [0.25, 0.3) is 0 Å². The van der Waals surface area contributed by atoms with Crippen molar-refractivity contribution >= 4 is 17.7 Å². The molecule has 0 bridgehead atoms. The normalized spacial score (nSPS) is 20.8. The number of rotatable bonds is 2. The molecule has 2 rings (SSSR count). The van der Waals surface area contributed by atoms with Crippen LogP contribution in [-0.4, -0.2) is 34.9 Å².